The predicted octanol–water partition coefficient (Wildman–Crippen LogP) is 1.75. The zero-order chi connectivity index (χ0) is 9.26. The minimum atomic E-state index is 0.418. The maximum absolute atomic E-state index is 10.5. The smallest absolute Gasteiger partial charge is 0.150 e. The molecule has 0 aromatic heterocycles. The standard InChI is InChI=1S/C11H12O2/c1-8-4-9(5-11-7-13-11)2-3-10(8)6-12/h2-4,6,11H,5,7H2,1H3. The van der Waals surface area contributed by atoms with Crippen LogP contribution < -0.4 is 0 Å². The van der Waals surface area contributed by atoms with Crippen LogP contribution in [0.4, 0.5) is 0 Å². The highest BCUT2D eigenvalue weighted by molar-refractivity contribution is 5.77. The van der Waals surface area contributed by atoms with E-state index in [9.17, 15) is 4.79 Å². The monoisotopic (exact) mass is 176 g/mol. The molecule has 1 atom stereocenters. The van der Waals surface area contributed by atoms with Gasteiger partial charge in [0.05, 0.1) is 12.7 Å². The predicted molar refractivity (Wildman–Crippen MR) is 50.0 cm³/mol. The Morgan fingerprint density at radius 2 is 2.38 bits per heavy atom. The Labute approximate surface area is 77.5 Å². The third kappa shape index (κ3) is 1.95. The topological polar surface area (TPSA) is 29.6 Å². The van der Waals surface area contributed by atoms with Gasteiger partial charge >= 0.3 is 0 Å². The lowest BCUT2D eigenvalue weighted by Crippen LogP contribution is -1.95. The molecular weight excluding hydrogens is 164 g/mol. The van der Waals surface area contributed by atoms with Gasteiger partial charge in [-0.1, -0.05) is 18.2 Å². The first-order chi connectivity index (χ1) is 6.29. The molecule has 13 heavy (non-hydrogen) atoms. The first-order valence-electron chi connectivity index (χ1n) is 4.46. The summed E-state index contributed by atoms with van der Waals surface area (Å²) in [6.45, 7) is 2.84. The Kier molecular flexibility index (Phi) is 2.15. The van der Waals surface area contributed by atoms with Crippen molar-refractivity contribution in [3.05, 3.63) is 34.9 Å². The summed E-state index contributed by atoms with van der Waals surface area (Å²) in [7, 11) is 0. The van der Waals surface area contributed by atoms with E-state index < -0.39 is 0 Å². The molecule has 2 nitrogen and oxygen atoms in total. The van der Waals surface area contributed by atoms with Gasteiger partial charge in [-0.15, -0.1) is 0 Å². The maximum atomic E-state index is 10.5. The van der Waals surface area contributed by atoms with Gasteiger partial charge in [-0.2, -0.15) is 0 Å². The average molecular weight is 176 g/mol. The number of hydrogen-bond acceptors (Lipinski definition) is 2. The van der Waals surface area contributed by atoms with Crippen LogP contribution in [0.5, 0.6) is 0 Å². The second-order valence-electron chi connectivity index (χ2n) is 3.47. The quantitative estimate of drug-likeness (QED) is 0.518. The lowest BCUT2D eigenvalue weighted by Gasteiger charge is -2.02. The summed E-state index contributed by atoms with van der Waals surface area (Å²) in [5.74, 6) is 0. The second-order valence-corrected chi connectivity index (χ2v) is 3.47. The molecule has 0 bridgehead atoms. The molecule has 0 N–H and O–H groups in total. The molecular formula is C11H12O2. The number of aryl methyl sites for hydroxylation is 1. The molecule has 1 fully saturated rings. The number of aldehydes is 1. The van der Waals surface area contributed by atoms with Gasteiger partial charge in [0.2, 0.25) is 0 Å². The highest BCUT2D eigenvalue weighted by Gasteiger charge is 2.22. The van der Waals surface area contributed by atoms with Crippen molar-refractivity contribution in [2.24, 2.45) is 0 Å². The van der Waals surface area contributed by atoms with Crippen molar-refractivity contribution < 1.29 is 9.53 Å². The average Bonchev–Trinajstić information content (AvgIpc) is 2.89. The number of benzene rings is 1. The van der Waals surface area contributed by atoms with E-state index in [1.54, 1.807) is 0 Å². The van der Waals surface area contributed by atoms with Crippen LogP contribution in [-0.2, 0) is 11.2 Å². The van der Waals surface area contributed by atoms with Gasteiger partial charge in [0.25, 0.3) is 0 Å². The van der Waals surface area contributed by atoms with Gasteiger partial charge in [0.15, 0.2) is 0 Å². The molecule has 0 amide bonds. The summed E-state index contributed by atoms with van der Waals surface area (Å²) < 4.78 is 5.14. The van der Waals surface area contributed by atoms with E-state index in [0.717, 1.165) is 30.4 Å². The molecule has 1 aliphatic rings. The number of rotatable bonds is 3. The van der Waals surface area contributed by atoms with Crippen LogP contribution in [0.15, 0.2) is 18.2 Å². The van der Waals surface area contributed by atoms with Crippen molar-refractivity contribution in [2.45, 2.75) is 19.4 Å². The van der Waals surface area contributed by atoms with Crippen LogP contribution in [0.2, 0.25) is 0 Å². The van der Waals surface area contributed by atoms with E-state index in [2.05, 4.69) is 6.07 Å². The molecule has 1 saturated heterocycles. The molecule has 2 heteroatoms. The van der Waals surface area contributed by atoms with Crippen molar-refractivity contribution in [2.75, 3.05) is 6.61 Å². The van der Waals surface area contributed by atoms with Gasteiger partial charge in [0, 0.05) is 12.0 Å². The molecule has 1 aromatic carbocycles. The van der Waals surface area contributed by atoms with E-state index in [-0.39, 0.29) is 0 Å². The molecule has 0 spiro atoms. The van der Waals surface area contributed by atoms with Crippen LogP contribution in [0, 0.1) is 6.92 Å². The fourth-order valence-electron chi connectivity index (χ4n) is 1.45. The van der Waals surface area contributed by atoms with Crippen molar-refractivity contribution in [1.82, 2.24) is 0 Å². The normalized spacial score (nSPS) is 19.9. The minimum Gasteiger partial charge on any atom is -0.373 e. The minimum absolute atomic E-state index is 0.418. The number of ether oxygens (including phenoxy) is 1. The summed E-state index contributed by atoms with van der Waals surface area (Å²) in [5, 5.41) is 0. The molecule has 68 valence electrons. The summed E-state index contributed by atoms with van der Waals surface area (Å²) >= 11 is 0. The van der Waals surface area contributed by atoms with E-state index in [1.165, 1.54) is 5.56 Å². The molecule has 1 aromatic rings. The summed E-state index contributed by atoms with van der Waals surface area (Å²) in [6.07, 6.45) is 2.29. The van der Waals surface area contributed by atoms with Gasteiger partial charge in [-0.05, 0) is 18.1 Å². The van der Waals surface area contributed by atoms with Gasteiger partial charge < -0.3 is 4.74 Å². The van der Waals surface area contributed by atoms with Gasteiger partial charge in [0.1, 0.15) is 6.29 Å². The molecule has 1 aliphatic heterocycles. The third-order valence-corrected chi connectivity index (χ3v) is 2.33. The van der Waals surface area contributed by atoms with Gasteiger partial charge in [-0.3, -0.25) is 4.79 Å². The van der Waals surface area contributed by atoms with Crippen molar-refractivity contribution in [3.8, 4) is 0 Å². The Morgan fingerprint density at radius 3 is 2.92 bits per heavy atom. The van der Waals surface area contributed by atoms with E-state index in [4.69, 9.17) is 4.74 Å². The lowest BCUT2D eigenvalue weighted by molar-refractivity contribution is 0.112. The lowest BCUT2D eigenvalue weighted by atomic mass is 10.0. The Morgan fingerprint density at radius 1 is 1.62 bits per heavy atom. The Balaban J connectivity index is 2.18. The zero-order valence-corrected chi connectivity index (χ0v) is 7.62. The SMILES string of the molecule is Cc1cc(CC2CO2)ccc1C=O. The first-order valence-corrected chi connectivity index (χ1v) is 4.46. The molecule has 1 unspecified atom stereocenters. The third-order valence-electron chi connectivity index (χ3n) is 2.33. The van der Waals surface area contributed by atoms with Crippen LogP contribution in [-0.4, -0.2) is 19.0 Å². The maximum Gasteiger partial charge on any atom is 0.150 e. The second kappa shape index (κ2) is 3.30. The fraction of sp³-hybridized carbons (Fsp3) is 0.364. The van der Waals surface area contributed by atoms with Crippen LogP contribution in [0.3, 0.4) is 0 Å². The molecule has 0 aliphatic carbocycles. The van der Waals surface area contributed by atoms with Crippen LogP contribution >= 0.6 is 0 Å². The first kappa shape index (κ1) is 8.45. The Bertz CT molecular complexity index is 327. The van der Waals surface area contributed by atoms with Crippen LogP contribution in [0.1, 0.15) is 21.5 Å². The van der Waals surface area contributed by atoms with E-state index in [1.807, 2.05) is 19.1 Å². The van der Waals surface area contributed by atoms with Crippen molar-refractivity contribution in [3.63, 3.8) is 0 Å². The highest BCUT2D eigenvalue weighted by Crippen LogP contribution is 2.17. The highest BCUT2D eigenvalue weighted by atomic mass is 16.6. The molecule has 1 heterocycles. The summed E-state index contributed by atoms with van der Waals surface area (Å²) in [4.78, 5) is 10.5. The largest absolute Gasteiger partial charge is 0.373 e. The van der Waals surface area contributed by atoms with Crippen LogP contribution in [0.25, 0.3) is 0 Å². The fourth-order valence-corrected chi connectivity index (χ4v) is 1.45. The van der Waals surface area contributed by atoms with Gasteiger partial charge in [-0.25, -0.2) is 0 Å². The van der Waals surface area contributed by atoms with Crippen molar-refractivity contribution >= 4 is 6.29 Å². The molecule has 2 rings (SSSR count). The Hall–Kier alpha value is -1.15. The number of carbonyl (C=O) groups excluding carboxylic acids is 1. The van der Waals surface area contributed by atoms with E-state index in [0.29, 0.717) is 6.10 Å². The molecule has 0 saturated carbocycles. The summed E-state index contributed by atoms with van der Waals surface area (Å²) in [6, 6.07) is 5.93. The number of epoxide rings is 1. The zero-order valence-electron chi connectivity index (χ0n) is 7.62. The number of carbonyl (C=O) groups is 1. The van der Waals surface area contributed by atoms with Crippen molar-refractivity contribution in [1.29, 1.82) is 0 Å². The summed E-state index contributed by atoms with van der Waals surface area (Å²) in [5.41, 5.74) is 3.08. The molecule has 0 radical (unpaired) electrons. The van der Waals surface area contributed by atoms with E-state index >= 15 is 0 Å². The number of hydrogen-bond donors (Lipinski definition) is 0.